The SMILES string of the molecule is CCCC1O[C@@H]2CC3[C@@H]4C[C@H](F)C5=CC(=O)C=C[C@]5(C)[C@@]4(F)[C@@H](O)C[C@]3(C)[C@]2(C(=O)COC(=O)N(C)CCSSC(C)(C)CC(=O)NCCOCCOCCOCCNC(=O)OCC2[C@H]3CCC#CCC[C@@H]23)O1. The lowest BCUT2D eigenvalue weighted by Gasteiger charge is -2.63. The summed E-state index contributed by atoms with van der Waals surface area (Å²) in [5.74, 6) is 5.83. The molecule has 1 heterocycles. The molecule has 0 aromatic rings. The molecule has 0 radical (unpaired) electrons. The number of hydrogen-bond donors (Lipinski definition) is 3. The summed E-state index contributed by atoms with van der Waals surface area (Å²) in [4.78, 5) is 66.2. The molecule has 4 saturated carbocycles. The molecule has 20 heteroatoms. The molecule has 3 unspecified atom stereocenters. The van der Waals surface area contributed by atoms with Gasteiger partial charge in [-0.15, -0.1) is 11.8 Å². The van der Waals surface area contributed by atoms with E-state index < -0.39 is 93.7 Å². The van der Waals surface area contributed by atoms with Crippen LogP contribution in [-0.2, 0) is 47.5 Å². The Hall–Kier alpha value is -3.29. The fraction of sp³-hybridized carbons (Fsp3) is 0.792. The zero-order valence-corrected chi connectivity index (χ0v) is 45.0. The third-order valence-corrected chi connectivity index (χ3v) is 19.7. The van der Waals surface area contributed by atoms with Crippen LogP contribution in [0.5, 0.6) is 0 Å². The molecule has 16 nitrogen and oxygen atoms in total. The Balaban J connectivity index is 0.740. The number of aliphatic hydroxyl groups is 1. The van der Waals surface area contributed by atoms with E-state index in [0.717, 1.165) is 31.8 Å². The lowest BCUT2D eigenvalue weighted by molar-refractivity contribution is -0.234. The molecule has 5 fully saturated rings. The summed E-state index contributed by atoms with van der Waals surface area (Å²) >= 11 is 0. The van der Waals surface area contributed by atoms with Crippen molar-refractivity contribution in [1.82, 2.24) is 15.5 Å². The summed E-state index contributed by atoms with van der Waals surface area (Å²) in [5.41, 5.74) is -6.79. The van der Waals surface area contributed by atoms with E-state index in [1.165, 1.54) is 45.6 Å². The van der Waals surface area contributed by atoms with Gasteiger partial charge in [0.15, 0.2) is 29.9 Å². The maximum atomic E-state index is 17.8. The van der Waals surface area contributed by atoms with E-state index in [4.69, 9.17) is 33.2 Å². The molecule has 7 aliphatic rings. The zero-order valence-electron chi connectivity index (χ0n) is 43.4. The van der Waals surface area contributed by atoms with E-state index in [9.17, 15) is 29.1 Å². The lowest BCUT2D eigenvalue weighted by Crippen LogP contribution is -2.71. The molecule has 6 aliphatic carbocycles. The van der Waals surface area contributed by atoms with Gasteiger partial charge in [-0.1, -0.05) is 47.9 Å². The van der Waals surface area contributed by atoms with E-state index in [2.05, 4.69) is 22.5 Å². The van der Waals surface area contributed by atoms with Gasteiger partial charge in [-0.05, 0) is 101 Å². The van der Waals surface area contributed by atoms with E-state index in [-0.39, 0.29) is 43.7 Å². The average molecular weight is 1070 g/mol. The first-order valence-electron chi connectivity index (χ1n) is 26.2. The van der Waals surface area contributed by atoms with Crippen LogP contribution in [0.25, 0.3) is 0 Å². The topological polar surface area (TPSA) is 197 Å². The third kappa shape index (κ3) is 12.6. The number of carbonyl (C=O) groups is 5. The van der Waals surface area contributed by atoms with Crippen LogP contribution < -0.4 is 10.6 Å². The fourth-order valence-electron chi connectivity index (χ4n) is 12.7. The number of amides is 3. The van der Waals surface area contributed by atoms with Crippen molar-refractivity contribution in [3.8, 4) is 11.8 Å². The van der Waals surface area contributed by atoms with Crippen molar-refractivity contribution in [2.45, 2.75) is 140 Å². The second-order valence-electron chi connectivity index (χ2n) is 21.7. The Morgan fingerprint density at radius 2 is 1.62 bits per heavy atom. The van der Waals surface area contributed by atoms with Crippen LogP contribution >= 0.6 is 21.6 Å². The molecule has 7 rings (SSSR count). The molecule has 1 aliphatic heterocycles. The summed E-state index contributed by atoms with van der Waals surface area (Å²) in [5, 5.41) is 17.5. The molecular weight excluding hydrogens is 989 g/mol. The van der Waals surface area contributed by atoms with Gasteiger partial charge in [0.25, 0.3) is 0 Å². The first kappa shape index (κ1) is 57.4. The van der Waals surface area contributed by atoms with Crippen molar-refractivity contribution in [3.05, 3.63) is 23.8 Å². The van der Waals surface area contributed by atoms with Gasteiger partial charge >= 0.3 is 12.2 Å². The van der Waals surface area contributed by atoms with Crippen LogP contribution in [0.15, 0.2) is 23.8 Å². The summed E-state index contributed by atoms with van der Waals surface area (Å²) in [6.45, 7) is 12.1. The Kier molecular flexibility index (Phi) is 19.5. The Labute approximate surface area is 437 Å². The molecule has 13 atom stereocenters. The second-order valence-corrected chi connectivity index (χ2v) is 24.8. The number of hydrogen-bond acceptors (Lipinski definition) is 15. The summed E-state index contributed by atoms with van der Waals surface area (Å²) < 4.78 is 74.0. The highest BCUT2D eigenvalue weighted by Crippen LogP contribution is 2.72. The van der Waals surface area contributed by atoms with Crippen LogP contribution in [0.2, 0.25) is 0 Å². The Morgan fingerprint density at radius 1 is 0.959 bits per heavy atom. The minimum absolute atomic E-state index is 0.0169. The van der Waals surface area contributed by atoms with Gasteiger partial charge in [0, 0.05) is 73.2 Å². The van der Waals surface area contributed by atoms with Gasteiger partial charge in [0.05, 0.1) is 58.5 Å². The van der Waals surface area contributed by atoms with E-state index in [0.29, 0.717) is 95.7 Å². The predicted octanol–water partition coefficient (Wildman–Crippen LogP) is 6.71. The number of Topliss-reactive ketones (excluding diaryl/α,β-unsaturated/α-hetero) is 1. The number of nitrogens with one attached hydrogen (secondary N) is 2. The van der Waals surface area contributed by atoms with Crippen molar-refractivity contribution >= 4 is 51.2 Å². The van der Waals surface area contributed by atoms with Crippen LogP contribution in [-0.4, -0.2) is 166 Å². The quantitative estimate of drug-likeness (QED) is 0.0469. The first-order chi connectivity index (χ1) is 34.8. The zero-order chi connectivity index (χ0) is 52.6. The number of nitrogens with zero attached hydrogens (tertiary/aromatic N) is 1. The molecule has 0 aromatic heterocycles. The van der Waals surface area contributed by atoms with Crippen molar-refractivity contribution in [3.63, 3.8) is 0 Å². The highest BCUT2D eigenvalue weighted by atomic mass is 33.1. The van der Waals surface area contributed by atoms with Crippen LogP contribution in [0, 0.1) is 52.3 Å². The monoisotopic (exact) mass is 1070 g/mol. The highest BCUT2D eigenvalue weighted by Gasteiger charge is 2.80. The molecule has 3 amide bonds. The number of aliphatic hydroxyl groups excluding tert-OH is 1. The summed E-state index contributed by atoms with van der Waals surface area (Å²) in [7, 11) is 4.58. The number of alkyl halides is 2. The standard InChI is InChI=1S/C53H77F2N3O13S2/c1-7-12-46-70-44-29-38-39-28-41(54)40-27-34(59)15-16-50(40,4)52(39,55)42(60)30-51(38,5)53(44,71-46)43(61)33-69-48(64)58(6)19-26-72-73-49(2,3)31-45(62)56-17-20-65-22-24-67-25-23-66-21-18-57-47(63)68-32-37-35-13-10-8-9-11-14-36(35)37/h15-16,27,35-39,41-42,44,46,60H,7,10-14,17-26,28-33H2,1-6H3,(H,56,62)(H,57,63)/t35-,36+,37?,38?,39-,41-,42-,44+,46?,50-,51-,52-,53+/m0/s1. The number of ketones is 2. The molecule has 73 heavy (non-hydrogen) atoms. The van der Waals surface area contributed by atoms with Crippen LogP contribution in [0.3, 0.4) is 0 Å². The minimum Gasteiger partial charge on any atom is -0.449 e. The van der Waals surface area contributed by atoms with Crippen LogP contribution in [0.1, 0.15) is 98.8 Å². The van der Waals surface area contributed by atoms with Gasteiger partial charge in [-0.3, -0.25) is 14.4 Å². The fourth-order valence-corrected chi connectivity index (χ4v) is 15.3. The number of allylic oxidation sites excluding steroid dienone is 4. The number of alkyl carbamates (subject to hydrolysis) is 1. The predicted molar refractivity (Wildman–Crippen MR) is 271 cm³/mol. The highest BCUT2D eigenvalue weighted by molar-refractivity contribution is 8.77. The van der Waals surface area contributed by atoms with E-state index in [1.54, 1.807) is 14.0 Å². The van der Waals surface area contributed by atoms with Gasteiger partial charge in [0.2, 0.25) is 11.7 Å². The number of fused-ring (bicyclic) bond motifs is 8. The number of halogens is 2. The molecular formula is C53H77F2N3O13S2. The van der Waals surface area contributed by atoms with Crippen molar-refractivity contribution < 1.29 is 71.0 Å². The maximum Gasteiger partial charge on any atom is 0.409 e. The minimum atomic E-state index is -2.33. The Bertz CT molecular complexity index is 2110. The molecule has 0 bridgehead atoms. The lowest BCUT2D eigenvalue weighted by atomic mass is 9.44. The number of rotatable bonds is 26. The van der Waals surface area contributed by atoms with E-state index >= 15 is 8.78 Å². The largest absolute Gasteiger partial charge is 0.449 e. The second kappa shape index (κ2) is 24.8. The van der Waals surface area contributed by atoms with Gasteiger partial charge in [-0.25, -0.2) is 18.4 Å². The van der Waals surface area contributed by atoms with Crippen molar-refractivity contribution in [1.29, 1.82) is 0 Å². The van der Waals surface area contributed by atoms with E-state index in [1.807, 2.05) is 20.8 Å². The normalized spacial score (nSPS) is 34.8. The summed E-state index contributed by atoms with van der Waals surface area (Å²) in [6, 6.07) is 0. The van der Waals surface area contributed by atoms with Crippen molar-refractivity contribution in [2.75, 3.05) is 85.3 Å². The summed E-state index contributed by atoms with van der Waals surface area (Å²) in [6.07, 6.45) is 2.93. The maximum absolute atomic E-state index is 17.8. The van der Waals surface area contributed by atoms with Crippen LogP contribution in [0.4, 0.5) is 18.4 Å². The molecule has 0 spiro atoms. The third-order valence-electron chi connectivity index (χ3n) is 16.5. The van der Waals surface area contributed by atoms with Gasteiger partial charge in [0.1, 0.15) is 6.17 Å². The average Bonchev–Trinajstić information content (AvgIpc) is 3.72. The van der Waals surface area contributed by atoms with Gasteiger partial charge in [-0.2, -0.15) is 0 Å². The van der Waals surface area contributed by atoms with Crippen molar-refractivity contribution in [2.24, 2.45) is 40.4 Å². The molecule has 0 aromatic carbocycles. The number of ether oxygens (including phenoxy) is 7. The van der Waals surface area contributed by atoms with Gasteiger partial charge < -0.3 is 53.8 Å². The molecule has 408 valence electrons. The smallest absolute Gasteiger partial charge is 0.409 e. The molecule has 3 N–H and O–H groups in total. The first-order valence-corrected chi connectivity index (χ1v) is 28.5. The number of carbonyl (C=O) groups excluding carboxylic acids is 5. The molecule has 1 saturated heterocycles. The Morgan fingerprint density at radius 3 is 2.29 bits per heavy atom.